The van der Waals surface area contributed by atoms with Crippen LogP contribution in [0.3, 0.4) is 0 Å². The molecule has 27 heavy (non-hydrogen) atoms. The molecule has 3 heterocycles. The lowest BCUT2D eigenvalue weighted by Gasteiger charge is -2.37. The average molecular weight is 376 g/mol. The molecule has 0 radical (unpaired) electrons. The third-order valence-corrected chi connectivity index (χ3v) is 5.03. The van der Waals surface area contributed by atoms with Gasteiger partial charge in [-0.25, -0.2) is 9.59 Å². The summed E-state index contributed by atoms with van der Waals surface area (Å²) in [6.45, 7) is 3.00. The summed E-state index contributed by atoms with van der Waals surface area (Å²) in [5.74, 6) is -0.0431. The number of hydrogen-bond acceptors (Lipinski definition) is 8. The van der Waals surface area contributed by atoms with Crippen molar-refractivity contribution in [2.75, 3.05) is 6.61 Å². The van der Waals surface area contributed by atoms with Gasteiger partial charge in [0.1, 0.15) is 18.3 Å². The van der Waals surface area contributed by atoms with Gasteiger partial charge in [0, 0.05) is 24.3 Å². The lowest BCUT2D eigenvalue weighted by molar-refractivity contribution is -0.156. The number of esters is 1. The van der Waals surface area contributed by atoms with E-state index in [0.717, 1.165) is 0 Å². The molecule has 0 amide bonds. The van der Waals surface area contributed by atoms with Crippen LogP contribution in [-0.4, -0.2) is 46.2 Å². The van der Waals surface area contributed by atoms with Crippen molar-refractivity contribution in [3.05, 3.63) is 34.7 Å². The van der Waals surface area contributed by atoms with Crippen molar-refractivity contribution in [2.45, 2.75) is 50.1 Å². The molecule has 144 valence electrons. The summed E-state index contributed by atoms with van der Waals surface area (Å²) in [6, 6.07) is 6.39. The van der Waals surface area contributed by atoms with Crippen LogP contribution in [-0.2, 0) is 9.53 Å². The molecular formula is C19H20O8. The van der Waals surface area contributed by atoms with Crippen LogP contribution >= 0.6 is 0 Å². The van der Waals surface area contributed by atoms with Crippen LogP contribution in [0.2, 0.25) is 0 Å². The van der Waals surface area contributed by atoms with Crippen LogP contribution in [0, 0.1) is 0 Å². The van der Waals surface area contributed by atoms with Crippen LogP contribution in [0.25, 0.3) is 11.0 Å². The smallest absolute Gasteiger partial charge is 0.338 e. The summed E-state index contributed by atoms with van der Waals surface area (Å²) in [6.07, 6.45) is -1.28. The molecule has 0 spiro atoms. The molecule has 2 aliphatic heterocycles. The SMILES string of the molecule is C[C@](O)(C[C@H]1C[C@@](C)(O)C(=O)O1)[C@H]1COc2ccc3ccc(=O)oc3c2O1. The molecule has 1 fully saturated rings. The number of hydrogen-bond donors (Lipinski definition) is 2. The maximum absolute atomic E-state index is 11.7. The summed E-state index contributed by atoms with van der Waals surface area (Å²) in [5, 5.41) is 21.6. The first kappa shape index (κ1) is 17.8. The van der Waals surface area contributed by atoms with Crippen molar-refractivity contribution in [1.82, 2.24) is 0 Å². The number of cyclic esters (lactones) is 1. The number of carbonyl (C=O) groups is 1. The van der Waals surface area contributed by atoms with E-state index in [0.29, 0.717) is 11.1 Å². The second kappa shape index (κ2) is 5.97. The topological polar surface area (TPSA) is 115 Å². The van der Waals surface area contributed by atoms with Crippen molar-refractivity contribution in [3.63, 3.8) is 0 Å². The zero-order valence-electron chi connectivity index (χ0n) is 14.9. The zero-order chi connectivity index (χ0) is 19.4. The maximum Gasteiger partial charge on any atom is 0.338 e. The summed E-state index contributed by atoms with van der Waals surface area (Å²) >= 11 is 0. The highest BCUT2D eigenvalue weighted by Crippen LogP contribution is 2.41. The van der Waals surface area contributed by atoms with E-state index in [9.17, 15) is 19.8 Å². The fourth-order valence-electron chi connectivity index (χ4n) is 3.52. The van der Waals surface area contributed by atoms with E-state index in [1.165, 1.54) is 13.0 Å². The molecule has 8 heteroatoms. The molecule has 1 aromatic carbocycles. The van der Waals surface area contributed by atoms with Crippen molar-refractivity contribution in [3.8, 4) is 11.5 Å². The number of fused-ring (bicyclic) bond motifs is 3. The van der Waals surface area contributed by atoms with Crippen molar-refractivity contribution >= 4 is 16.9 Å². The molecule has 2 aliphatic rings. The van der Waals surface area contributed by atoms with E-state index in [-0.39, 0.29) is 30.8 Å². The molecule has 0 saturated carbocycles. The normalized spacial score (nSPS) is 29.4. The van der Waals surface area contributed by atoms with Crippen LogP contribution in [0.5, 0.6) is 11.5 Å². The van der Waals surface area contributed by atoms with Gasteiger partial charge in [-0.15, -0.1) is 0 Å². The summed E-state index contributed by atoms with van der Waals surface area (Å²) in [7, 11) is 0. The van der Waals surface area contributed by atoms with Gasteiger partial charge < -0.3 is 28.8 Å². The second-order valence-electron chi connectivity index (χ2n) is 7.55. The Hall–Kier alpha value is -2.58. The summed E-state index contributed by atoms with van der Waals surface area (Å²) in [5.41, 5.74) is -3.25. The first-order valence-corrected chi connectivity index (χ1v) is 8.68. The highest BCUT2D eigenvalue weighted by atomic mass is 16.6. The van der Waals surface area contributed by atoms with Gasteiger partial charge in [0.25, 0.3) is 0 Å². The largest absolute Gasteiger partial charge is 0.486 e. The number of ether oxygens (including phenoxy) is 3. The Bertz CT molecular complexity index is 958. The standard InChI is InChI=1S/C19H20O8/c1-18(22,7-11-8-19(2,23)17(21)25-11)13-9-24-12-5-3-10-4-6-14(20)27-15(10)16(12)26-13/h3-6,11,13,22-23H,7-9H2,1-2H3/t11-,13+,18-,19+/m0/s1. The van der Waals surface area contributed by atoms with Crippen molar-refractivity contribution < 1.29 is 33.6 Å². The predicted molar refractivity (Wildman–Crippen MR) is 92.8 cm³/mol. The first-order valence-electron chi connectivity index (χ1n) is 8.68. The Labute approximate surface area is 154 Å². The predicted octanol–water partition coefficient (Wildman–Crippen LogP) is 1.14. The Balaban J connectivity index is 1.59. The van der Waals surface area contributed by atoms with Gasteiger partial charge in [0.15, 0.2) is 23.0 Å². The zero-order valence-corrected chi connectivity index (χ0v) is 14.9. The number of carbonyl (C=O) groups excluding carboxylic acids is 1. The van der Waals surface area contributed by atoms with E-state index in [2.05, 4.69) is 0 Å². The fourth-order valence-corrected chi connectivity index (χ4v) is 3.52. The van der Waals surface area contributed by atoms with E-state index in [4.69, 9.17) is 18.6 Å². The molecule has 2 N–H and O–H groups in total. The minimum atomic E-state index is -1.56. The average Bonchev–Trinajstić information content (AvgIpc) is 2.85. The van der Waals surface area contributed by atoms with Crippen molar-refractivity contribution in [2.24, 2.45) is 0 Å². The fraction of sp³-hybridized carbons (Fsp3) is 0.474. The molecule has 0 bridgehead atoms. The molecule has 4 rings (SSSR count). The van der Waals surface area contributed by atoms with Gasteiger partial charge in [0.2, 0.25) is 5.75 Å². The Morgan fingerprint density at radius 2 is 1.96 bits per heavy atom. The van der Waals surface area contributed by atoms with Crippen LogP contribution in [0.4, 0.5) is 0 Å². The number of aliphatic hydroxyl groups is 2. The van der Waals surface area contributed by atoms with Gasteiger partial charge in [-0.05, 0) is 32.0 Å². The van der Waals surface area contributed by atoms with Gasteiger partial charge in [0.05, 0.1) is 0 Å². The highest BCUT2D eigenvalue weighted by Gasteiger charge is 2.48. The quantitative estimate of drug-likeness (QED) is 0.605. The molecule has 1 saturated heterocycles. The van der Waals surface area contributed by atoms with Gasteiger partial charge in [-0.1, -0.05) is 0 Å². The third-order valence-electron chi connectivity index (χ3n) is 5.03. The summed E-state index contributed by atoms with van der Waals surface area (Å²) < 4.78 is 22.0. The molecule has 0 aliphatic carbocycles. The lowest BCUT2D eigenvalue weighted by Crippen LogP contribution is -2.50. The van der Waals surface area contributed by atoms with E-state index < -0.39 is 35.0 Å². The number of benzene rings is 1. The van der Waals surface area contributed by atoms with Crippen LogP contribution < -0.4 is 15.1 Å². The molecular weight excluding hydrogens is 356 g/mol. The summed E-state index contributed by atoms with van der Waals surface area (Å²) in [4.78, 5) is 23.2. The van der Waals surface area contributed by atoms with Gasteiger partial charge >= 0.3 is 11.6 Å². The Kier molecular flexibility index (Phi) is 3.94. The highest BCUT2D eigenvalue weighted by molar-refractivity contribution is 5.85. The molecule has 8 nitrogen and oxygen atoms in total. The van der Waals surface area contributed by atoms with E-state index in [1.807, 2.05) is 0 Å². The third kappa shape index (κ3) is 3.15. The van der Waals surface area contributed by atoms with Gasteiger partial charge in [-0.3, -0.25) is 0 Å². The van der Waals surface area contributed by atoms with Crippen LogP contribution in [0.1, 0.15) is 26.7 Å². The monoisotopic (exact) mass is 376 g/mol. The molecule has 2 aromatic rings. The van der Waals surface area contributed by atoms with E-state index in [1.54, 1.807) is 25.1 Å². The minimum Gasteiger partial charge on any atom is -0.486 e. The lowest BCUT2D eigenvalue weighted by atomic mass is 9.89. The van der Waals surface area contributed by atoms with Crippen LogP contribution in [0.15, 0.2) is 33.5 Å². The molecule has 4 atom stereocenters. The maximum atomic E-state index is 11.7. The van der Waals surface area contributed by atoms with Crippen molar-refractivity contribution in [1.29, 1.82) is 0 Å². The number of rotatable bonds is 3. The second-order valence-corrected chi connectivity index (χ2v) is 7.55. The molecule has 1 aromatic heterocycles. The first-order chi connectivity index (χ1) is 12.7. The van der Waals surface area contributed by atoms with E-state index >= 15 is 0 Å². The molecule has 0 unspecified atom stereocenters. The van der Waals surface area contributed by atoms with Gasteiger partial charge in [-0.2, -0.15) is 0 Å². The minimum absolute atomic E-state index is 0.0625. The Morgan fingerprint density at radius 1 is 1.22 bits per heavy atom. The Morgan fingerprint density at radius 3 is 2.67 bits per heavy atom.